The van der Waals surface area contributed by atoms with Crippen LogP contribution in [0.1, 0.15) is 50.2 Å². The molecule has 1 aliphatic rings. The van der Waals surface area contributed by atoms with Gasteiger partial charge in [-0.1, -0.05) is 37.3 Å². The molecular weight excluding hydrogens is 246 g/mol. The molecule has 2 rings (SSSR count). The van der Waals surface area contributed by atoms with Gasteiger partial charge in [-0.15, -0.1) is 0 Å². The Balaban J connectivity index is 1.90. The Hall–Kier alpha value is -1.30. The minimum Gasteiger partial charge on any atom is -0.395 e. The number of aliphatic hydroxyl groups is 1. The average Bonchev–Trinajstić information content (AvgIpc) is 3.30. The molecular formula is C18H25NO. The second-order valence-corrected chi connectivity index (χ2v) is 5.53. The Bertz CT molecular complexity index is 451. The predicted octanol–water partition coefficient (Wildman–Crippen LogP) is 3.19. The van der Waals surface area contributed by atoms with Gasteiger partial charge in [0.1, 0.15) is 0 Å². The number of benzene rings is 1. The Kier molecular flexibility index (Phi) is 6.11. The quantitative estimate of drug-likeness (QED) is 0.770. The van der Waals surface area contributed by atoms with Gasteiger partial charge in [0, 0.05) is 24.6 Å². The average molecular weight is 271 g/mol. The first-order chi connectivity index (χ1) is 9.83. The molecule has 2 heteroatoms. The van der Waals surface area contributed by atoms with Crippen LogP contribution in [0.2, 0.25) is 0 Å². The summed E-state index contributed by atoms with van der Waals surface area (Å²) in [5, 5.41) is 8.71. The lowest BCUT2D eigenvalue weighted by Crippen LogP contribution is -2.26. The molecule has 0 aromatic heterocycles. The Morgan fingerprint density at radius 1 is 1.25 bits per heavy atom. The first-order valence-corrected chi connectivity index (χ1v) is 7.76. The third-order valence-corrected chi connectivity index (χ3v) is 3.67. The van der Waals surface area contributed by atoms with Crippen LogP contribution in [0.3, 0.4) is 0 Å². The van der Waals surface area contributed by atoms with E-state index in [0.29, 0.717) is 6.42 Å². The van der Waals surface area contributed by atoms with E-state index in [1.54, 1.807) is 0 Å². The first kappa shape index (κ1) is 15.1. The molecule has 0 aliphatic heterocycles. The van der Waals surface area contributed by atoms with Crippen LogP contribution in [-0.4, -0.2) is 29.2 Å². The van der Waals surface area contributed by atoms with Crippen LogP contribution >= 0.6 is 0 Å². The lowest BCUT2D eigenvalue weighted by molar-refractivity contribution is 0.250. The van der Waals surface area contributed by atoms with Crippen molar-refractivity contribution in [1.82, 2.24) is 4.90 Å². The summed E-state index contributed by atoms with van der Waals surface area (Å²) < 4.78 is 0. The molecule has 1 N–H and O–H groups in total. The van der Waals surface area contributed by atoms with Gasteiger partial charge in [-0.25, -0.2) is 0 Å². The number of nitrogens with zero attached hydrogens (tertiary/aromatic N) is 1. The van der Waals surface area contributed by atoms with Crippen LogP contribution in [0.25, 0.3) is 0 Å². The van der Waals surface area contributed by atoms with Gasteiger partial charge in [0.2, 0.25) is 0 Å². The molecule has 0 unspecified atom stereocenters. The highest BCUT2D eigenvalue weighted by atomic mass is 16.2. The van der Waals surface area contributed by atoms with E-state index in [9.17, 15) is 0 Å². The van der Waals surface area contributed by atoms with Crippen molar-refractivity contribution in [2.24, 2.45) is 0 Å². The number of aliphatic hydroxyl groups excluding tert-OH is 1. The molecule has 108 valence electrons. The molecule has 0 amide bonds. The molecule has 1 saturated carbocycles. The lowest BCUT2D eigenvalue weighted by Gasteiger charge is -2.21. The second kappa shape index (κ2) is 8.09. The van der Waals surface area contributed by atoms with E-state index in [0.717, 1.165) is 18.2 Å². The summed E-state index contributed by atoms with van der Waals surface area (Å²) >= 11 is 0. The molecule has 0 bridgehead atoms. The van der Waals surface area contributed by atoms with E-state index in [2.05, 4.69) is 47.9 Å². The number of rotatable bonds is 7. The summed E-state index contributed by atoms with van der Waals surface area (Å²) in [6.45, 7) is 4.68. The standard InChI is InChI=1S/C18H25NO/c1-2-3-13-19(18-11-12-18)15-17-9-7-16(8-10-17)6-4-5-14-20/h7-10,18,20H,2-3,5,11-15H2,1H3. The van der Waals surface area contributed by atoms with Gasteiger partial charge >= 0.3 is 0 Å². The van der Waals surface area contributed by atoms with Crippen LogP contribution in [0.15, 0.2) is 24.3 Å². The molecule has 1 aliphatic carbocycles. The molecule has 1 aromatic rings. The number of hydrogen-bond donors (Lipinski definition) is 1. The highest BCUT2D eigenvalue weighted by molar-refractivity contribution is 5.36. The van der Waals surface area contributed by atoms with Crippen molar-refractivity contribution in [2.75, 3.05) is 13.2 Å². The fourth-order valence-corrected chi connectivity index (χ4v) is 2.34. The molecule has 1 fully saturated rings. The maximum absolute atomic E-state index is 8.71. The van der Waals surface area contributed by atoms with Gasteiger partial charge in [-0.05, 0) is 43.5 Å². The van der Waals surface area contributed by atoms with E-state index in [-0.39, 0.29) is 6.61 Å². The van der Waals surface area contributed by atoms with E-state index in [1.807, 2.05) is 0 Å². The largest absolute Gasteiger partial charge is 0.395 e. The minimum atomic E-state index is 0.138. The first-order valence-electron chi connectivity index (χ1n) is 7.76. The summed E-state index contributed by atoms with van der Waals surface area (Å²) in [4.78, 5) is 2.62. The molecule has 0 spiro atoms. The van der Waals surface area contributed by atoms with E-state index < -0.39 is 0 Å². The molecule has 1 aromatic carbocycles. The third-order valence-electron chi connectivity index (χ3n) is 3.67. The smallest absolute Gasteiger partial charge is 0.0540 e. The lowest BCUT2D eigenvalue weighted by atomic mass is 10.1. The van der Waals surface area contributed by atoms with E-state index in [1.165, 1.54) is 37.8 Å². The summed E-state index contributed by atoms with van der Waals surface area (Å²) in [6, 6.07) is 9.37. The van der Waals surface area contributed by atoms with Crippen LogP contribution in [-0.2, 0) is 6.54 Å². The summed E-state index contributed by atoms with van der Waals surface area (Å²) in [5.74, 6) is 6.03. The van der Waals surface area contributed by atoms with Crippen molar-refractivity contribution >= 4 is 0 Å². The predicted molar refractivity (Wildman–Crippen MR) is 83.4 cm³/mol. The van der Waals surface area contributed by atoms with Crippen LogP contribution in [0.5, 0.6) is 0 Å². The molecule has 2 nitrogen and oxygen atoms in total. The summed E-state index contributed by atoms with van der Waals surface area (Å²) in [7, 11) is 0. The normalized spacial score (nSPS) is 14.2. The van der Waals surface area contributed by atoms with E-state index in [4.69, 9.17) is 5.11 Å². The van der Waals surface area contributed by atoms with Gasteiger partial charge in [0.25, 0.3) is 0 Å². The van der Waals surface area contributed by atoms with Crippen molar-refractivity contribution in [1.29, 1.82) is 0 Å². The summed E-state index contributed by atoms with van der Waals surface area (Å²) in [6.07, 6.45) is 5.85. The van der Waals surface area contributed by atoms with Gasteiger partial charge in [-0.3, -0.25) is 4.90 Å². The highest BCUT2D eigenvalue weighted by Gasteiger charge is 2.28. The summed E-state index contributed by atoms with van der Waals surface area (Å²) in [5.41, 5.74) is 2.41. The molecule has 0 atom stereocenters. The van der Waals surface area contributed by atoms with Gasteiger partial charge in [0.05, 0.1) is 6.61 Å². The molecule has 20 heavy (non-hydrogen) atoms. The number of hydrogen-bond acceptors (Lipinski definition) is 2. The fourth-order valence-electron chi connectivity index (χ4n) is 2.34. The maximum Gasteiger partial charge on any atom is 0.0540 e. The minimum absolute atomic E-state index is 0.138. The zero-order valence-electron chi connectivity index (χ0n) is 12.4. The zero-order valence-corrected chi connectivity index (χ0v) is 12.4. The monoisotopic (exact) mass is 271 g/mol. The third kappa shape index (κ3) is 5.00. The van der Waals surface area contributed by atoms with Crippen molar-refractivity contribution < 1.29 is 5.11 Å². The van der Waals surface area contributed by atoms with E-state index >= 15 is 0 Å². The molecule has 0 saturated heterocycles. The van der Waals surface area contributed by atoms with Crippen LogP contribution < -0.4 is 0 Å². The molecule has 0 heterocycles. The van der Waals surface area contributed by atoms with Crippen LogP contribution in [0, 0.1) is 11.8 Å². The van der Waals surface area contributed by atoms with Crippen molar-refractivity contribution in [3.05, 3.63) is 35.4 Å². The molecule has 0 radical (unpaired) electrons. The Morgan fingerprint density at radius 2 is 2.00 bits per heavy atom. The van der Waals surface area contributed by atoms with Gasteiger partial charge in [0.15, 0.2) is 0 Å². The van der Waals surface area contributed by atoms with Crippen LogP contribution in [0.4, 0.5) is 0 Å². The zero-order chi connectivity index (χ0) is 14.2. The SMILES string of the molecule is CCCCN(Cc1ccc(C#CCCO)cc1)C1CC1. The van der Waals surface area contributed by atoms with Gasteiger partial charge in [-0.2, -0.15) is 0 Å². The van der Waals surface area contributed by atoms with Crippen molar-refractivity contribution in [3.63, 3.8) is 0 Å². The maximum atomic E-state index is 8.71. The van der Waals surface area contributed by atoms with Crippen molar-refractivity contribution in [2.45, 2.75) is 51.6 Å². The Labute approximate surface area is 122 Å². The van der Waals surface area contributed by atoms with Gasteiger partial charge < -0.3 is 5.11 Å². The Morgan fingerprint density at radius 3 is 2.60 bits per heavy atom. The topological polar surface area (TPSA) is 23.5 Å². The number of unbranched alkanes of at least 4 members (excludes halogenated alkanes) is 1. The fraction of sp³-hybridized carbons (Fsp3) is 0.556. The highest BCUT2D eigenvalue weighted by Crippen LogP contribution is 2.28. The second-order valence-electron chi connectivity index (χ2n) is 5.53. The van der Waals surface area contributed by atoms with Crippen molar-refractivity contribution in [3.8, 4) is 11.8 Å².